The van der Waals surface area contributed by atoms with Gasteiger partial charge < -0.3 is 20.3 Å². The minimum atomic E-state index is -0.854. The van der Waals surface area contributed by atoms with E-state index in [4.69, 9.17) is 4.74 Å². The number of carbonyl (C=O) groups is 2. The van der Waals surface area contributed by atoms with Crippen LogP contribution in [0, 0.1) is 0 Å². The van der Waals surface area contributed by atoms with Crippen LogP contribution in [0.3, 0.4) is 0 Å². The van der Waals surface area contributed by atoms with Crippen LogP contribution in [-0.4, -0.2) is 47.4 Å². The fraction of sp³-hybridized carbons (Fsp3) is 0.818. The van der Waals surface area contributed by atoms with Crippen LogP contribution in [0.1, 0.15) is 322 Å². The van der Waals surface area contributed by atoms with Crippen molar-refractivity contribution in [2.75, 3.05) is 13.2 Å². The second-order valence-electron chi connectivity index (χ2n) is 21.4. The van der Waals surface area contributed by atoms with Gasteiger partial charge in [-0.1, -0.05) is 274 Å². The zero-order valence-corrected chi connectivity index (χ0v) is 47.9. The summed E-state index contributed by atoms with van der Waals surface area (Å²) < 4.78 is 5.45. The highest BCUT2D eigenvalue weighted by molar-refractivity contribution is 5.76. The van der Waals surface area contributed by atoms with Gasteiger partial charge in [-0.2, -0.15) is 0 Å². The van der Waals surface area contributed by atoms with Crippen LogP contribution in [0.5, 0.6) is 0 Å². The number of ether oxygens (including phenoxy) is 1. The number of amides is 1. The van der Waals surface area contributed by atoms with Gasteiger partial charge in [0.2, 0.25) is 5.91 Å². The highest BCUT2D eigenvalue weighted by Gasteiger charge is 2.18. The lowest BCUT2D eigenvalue weighted by Gasteiger charge is -2.20. The lowest BCUT2D eigenvalue weighted by atomic mass is 10.0. The molecule has 0 aromatic rings. The Morgan fingerprint density at radius 2 is 0.736 bits per heavy atom. The Balaban J connectivity index is 3.52. The van der Waals surface area contributed by atoms with Crippen molar-refractivity contribution in [1.82, 2.24) is 5.32 Å². The summed E-state index contributed by atoms with van der Waals surface area (Å²) in [5, 5.41) is 23.2. The van der Waals surface area contributed by atoms with Gasteiger partial charge in [-0.05, 0) is 96.3 Å². The third-order valence-corrected chi connectivity index (χ3v) is 14.3. The van der Waals surface area contributed by atoms with E-state index in [9.17, 15) is 19.8 Å². The van der Waals surface area contributed by atoms with Crippen molar-refractivity contribution in [2.24, 2.45) is 0 Å². The Kier molecular flexibility index (Phi) is 59.0. The Labute approximate surface area is 448 Å². The molecule has 6 nitrogen and oxygen atoms in total. The van der Waals surface area contributed by atoms with Crippen molar-refractivity contribution in [1.29, 1.82) is 0 Å². The van der Waals surface area contributed by atoms with Gasteiger partial charge in [-0.25, -0.2) is 0 Å². The zero-order chi connectivity index (χ0) is 52.2. The lowest BCUT2D eigenvalue weighted by Crippen LogP contribution is -2.45. The molecule has 0 fully saturated rings. The highest BCUT2D eigenvalue weighted by Crippen LogP contribution is 2.17. The molecule has 0 saturated heterocycles. The van der Waals surface area contributed by atoms with E-state index in [-0.39, 0.29) is 18.5 Å². The first-order valence-electron chi connectivity index (χ1n) is 31.6. The Bertz CT molecular complexity index is 1250. The van der Waals surface area contributed by atoms with E-state index >= 15 is 0 Å². The number of nitrogens with one attached hydrogen (secondary N) is 1. The Morgan fingerprint density at radius 3 is 1.15 bits per heavy atom. The molecule has 2 atom stereocenters. The quantitative estimate of drug-likeness (QED) is 0.0244. The molecule has 6 heteroatoms. The van der Waals surface area contributed by atoms with Crippen LogP contribution < -0.4 is 5.32 Å². The van der Waals surface area contributed by atoms with E-state index in [1.807, 2.05) is 6.08 Å². The number of rotatable bonds is 58. The van der Waals surface area contributed by atoms with E-state index in [1.165, 1.54) is 205 Å². The van der Waals surface area contributed by atoms with E-state index < -0.39 is 12.1 Å². The molecular formula is C66H121NO5. The van der Waals surface area contributed by atoms with Gasteiger partial charge in [0.1, 0.15) is 0 Å². The lowest BCUT2D eigenvalue weighted by molar-refractivity contribution is -0.143. The molecule has 0 aromatic heterocycles. The maximum Gasteiger partial charge on any atom is 0.305 e. The molecule has 0 aromatic carbocycles. The molecule has 0 radical (unpaired) electrons. The van der Waals surface area contributed by atoms with Gasteiger partial charge >= 0.3 is 5.97 Å². The SMILES string of the molecule is CCCCCC/C=C\C/C=C\CCCCCCCC(=O)OCCCCC/C=C\C=C/CCCCCCCCCCCCC(=O)NC(CO)C(O)/C=C/CCCCCCCCCCCCCCCCCCCC. The first-order valence-corrected chi connectivity index (χ1v) is 31.6. The molecule has 420 valence electrons. The van der Waals surface area contributed by atoms with Crippen LogP contribution in [0.25, 0.3) is 0 Å². The van der Waals surface area contributed by atoms with Crippen LogP contribution in [0.15, 0.2) is 60.8 Å². The average molecular weight is 1010 g/mol. The molecule has 0 heterocycles. The summed E-state index contributed by atoms with van der Waals surface area (Å²) >= 11 is 0. The second kappa shape index (κ2) is 61.1. The predicted octanol–water partition coefficient (Wildman–Crippen LogP) is 19.9. The molecule has 0 aliphatic heterocycles. The van der Waals surface area contributed by atoms with E-state index in [1.54, 1.807) is 6.08 Å². The topological polar surface area (TPSA) is 95.9 Å². The van der Waals surface area contributed by atoms with E-state index in [0.29, 0.717) is 19.4 Å². The number of carbonyl (C=O) groups excluding carboxylic acids is 2. The molecule has 0 aliphatic carbocycles. The van der Waals surface area contributed by atoms with Gasteiger partial charge in [-0.15, -0.1) is 0 Å². The van der Waals surface area contributed by atoms with Crippen molar-refractivity contribution in [2.45, 2.75) is 334 Å². The standard InChI is InChI=1S/C66H121NO5/c1-3-5-7-9-11-13-15-17-19-21-22-24-27-30-34-38-42-46-50-54-58-64(69)63(62-68)67-65(70)59-55-51-47-43-39-35-31-28-25-23-26-29-33-37-41-45-49-53-57-61-72-66(71)60-56-52-48-44-40-36-32-20-18-16-14-12-10-8-6-4-2/h14,16,20,29,32-33,37,41,54,58,63-64,68-69H,3-13,15,17-19,21-28,30-31,34-36,38-40,42-53,55-57,59-62H2,1-2H3,(H,67,70)/b16-14-,32-20-,33-29-,41-37-,58-54+. The summed E-state index contributed by atoms with van der Waals surface area (Å²) in [7, 11) is 0. The Hall–Kier alpha value is -2.44. The molecule has 72 heavy (non-hydrogen) atoms. The fourth-order valence-electron chi connectivity index (χ4n) is 9.42. The zero-order valence-electron chi connectivity index (χ0n) is 47.9. The summed E-state index contributed by atoms with van der Waals surface area (Å²) in [5.74, 6) is -0.105. The van der Waals surface area contributed by atoms with Gasteiger partial charge in [0.25, 0.3) is 0 Å². The van der Waals surface area contributed by atoms with Crippen molar-refractivity contribution < 1.29 is 24.5 Å². The number of allylic oxidation sites excluding steroid dienone is 9. The van der Waals surface area contributed by atoms with Gasteiger partial charge in [0.05, 0.1) is 25.4 Å². The van der Waals surface area contributed by atoms with Crippen LogP contribution >= 0.6 is 0 Å². The van der Waals surface area contributed by atoms with Crippen molar-refractivity contribution in [3.05, 3.63) is 60.8 Å². The van der Waals surface area contributed by atoms with Crippen LogP contribution in [0.4, 0.5) is 0 Å². The molecule has 1 amide bonds. The molecule has 0 bridgehead atoms. The summed E-state index contributed by atoms with van der Waals surface area (Å²) in [5.41, 5.74) is 0. The average Bonchev–Trinajstić information content (AvgIpc) is 3.38. The summed E-state index contributed by atoms with van der Waals surface area (Å²) in [6.45, 7) is 4.85. The van der Waals surface area contributed by atoms with E-state index in [0.717, 1.165) is 89.9 Å². The fourth-order valence-corrected chi connectivity index (χ4v) is 9.42. The van der Waals surface area contributed by atoms with Crippen molar-refractivity contribution in [3.8, 4) is 0 Å². The normalized spacial score (nSPS) is 13.0. The second-order valence-corrected chi connectivity index (χ2v) is 21.4. The number of hydrogen-bond acceptors (Lipinski definition) is 5. The summed E-state index contributed by atoms with van der Waals surface area (Å²) in [6, 6.07) is -0.638. The Morgan fingerprint density at radius 1 is 0.403 bits per heavy atom. The smallest absolute Gasteiger partial charge is 0.305 e. The van der Waals surface area contributed by atoms with Gasteiger partial charge in [0.15, 0.2) is 0 Å². The number of unbranched alkanes of at least 4 members (excludes halogenated alkanes) is 40. The minimum absolute atomic E-state index is 0.0279. The molecule has 3 N–H and O–H groups in total. The monoisotopic (exact) mass is 1010 g/mol. The maximum absolute atomic E-state index is 12.5. The predicted molar refractivity (Wildman–Crippen MR) is 315 cm³/mol. The third-order valence-electron chi connectivity index (χ3n) is 14.3. The first kappa shape index (κ1) is 69.6. The molecule has 0 spiro atoms. The van der Waals surface area contributed by atoms with Crippen molar-refractivity contribution >= 4 is 11.9 Å². The molecule has 0 aliphatic rings. The van der Waals surface area contributed by atoms with E-state index in [2.05, 4.69) is 67.8 Å². The number of aliphatic hydroxyl groups excluding tert-OH is 2. The molecule has 0 saturated carbocycles. The molecule has 2 unspecified atom stereocenters. The third kappa shape index (κ3) is 56.8. The first-order chi connectivity index (χ1) is 35.5. The van der Waals surface area contributed by atoms with Crippen LogP contribution in [-0.2, 0) is 14.3 Å². The van der Waals surface area contributed by atoms with Crippen LogP contribution in [0.2, 0.25) is 0 Å². The minimum Gasteiger partial charge on any atom is -0.466 e. The number of esters is 1. The van der Waals surface area contributed by atoms with Gasteiger partial charge in [0, 0.05) is 12.8 Å². The van der Waals surface area contributed by atoms with Gasteiger partial charge in [-0.3, -0.25) is 9.59 Å². The number of aliphatic hydroxyl groups is 2. The summed E-state index contributed by atoms with van der Waals surface area (Å²) in [6.07, 6.45) is 79.7. The number of hydrogen-bond donors (Lipinski definition) is 3. The van der Waals surface area contributed by atoms with Crippen molar-refractivity contribution in [3.63, 3.8) is 0 Å². The molecular weight excluding hydrogens is 887 g/mol. The highest BCUT2D eigenvalue weighted by atomic mass is 16.5. The summed E-state index contributed by atoms with van der Waals surface area (Å²) in [4.78, 5) is 24.5. The molecule has 0 rings (SSSR count). The largest absolute Gasteiger partial charge is 0.466 e. The maximum atomic E-state index is 12.5.